The van der Waals surface area contributed by atoms with Crippen LogP contribution in [0.2, 0.25) is 5.02 Å². The molecule has 0 unspecified atom stereocenters. The number of benzene rings is 2. The SMILES string of the molecule is Cc1cc(NC(=O)C2(c3ccccc3Cl)CCOCC2)cc(C)c1OCC(C)C. The van der Waals surface area contributed by atoms with E-state index in [0.717, 1.165) is 28.1 Å². The van der Waals surface area contributed by atoms with E-state index in [4.69, 9.17) is 21.1 Å². The van der Waals surface area contributed by atoms with Gasteiger partial charge in [0.25, 0.3) is 0 Å². The molecule has 0 aromatic heterocycles. The summed E-state index contributed by atoms with van der Waals surface area (Å²) < 4.78 is 11.5. The quantitative estimate of drug-likeness (QED) is 0.660. The van der Waals surface area contributed by atoms with Crippen LogP contribution in [-0.4, -0.2) is 25.7 Å². The van der Waals surface area contributed by atoms with E-state index in [9.17, 15) is 4.79 Å². The van der Waals surface area contributed by atoms with Crippen molar-refractivity contribution in [2.75, 3.05) is 25.1 Å². The Labute approximate surface area is 178 Å². The molecule has 3 rings (SSSR count). The molecule has 0 bridgehead atoms. The van der Waals surface area contributed by atoms with Crippen molar-refractivity contribution in [1.29, 1.82) is 0 Å². The van der Waals surface area contributed by atoms with Crippen LogP contribution in [-0.2, 0) is 14.9 Å². The Morgan fingerprint density at radius 2 is 1.79 bits per heavy atom. The average molecular weight is 416 g/mol. The van der Waals surface area contributed by atoms with Crippen LogP contribution in [0.1, 0.15) is 43.4 Å². The first-order valence-corrected chi connectivity index (χ1v) is 10.6. The number of anilines is 1. The summed E-state index contributed by atoms with van der Waals surface area (Å²) in [5.41, 5.74) is 2.98. The number of carbonyl (C=O) groups excluding carboxylic acids is 1. The molecular weight excluding hydrogens is 386 g/mol. The second-order valence-electron chi connectivity index (χ2n) is 8.27. The molecule has 0 atom stereocenters. The summed E-state index contributed by atoms with van der Waals surface area (Å²) in [6, 6.07) is 11.6. The first-order chi connectivity index (χ1) is 13.8. The van der Waals surface area contributed by atoms with Crippen molar-refractivity contribution in [3.63, 3.8) is 0 Å². The highest BCUT2D eigenvalue weighted by Crippen LogP contribution is 2.40. The van der Waals surface area contributed by atoms with Crippen molar-refractivity contribution in [2.45, 2.75) is 46.0 Å². The Hall–Kier alpha value is -2.04. The van der Waals surface area contributed by atoms with E-state index < -0.39 is 5.41 Å². The molecule has 1 amide bonds. The molecule has 4 nitrogen and oxygen atoms in total. The van der Waals surface area contributed by atoms with Crippen LogP contribution >= 0.6 is 11.6 Å². The number of carbonyl (C=O) groups is 1. The summed E-state index contributed by atoms with van der Waals surface area (Å²) in [6.45, 7) is 10.0. The molecule has 0 aliphatic carbocycles. The highest BCUT2D eigenvalue weighted by Gasteiger charge is 2.43. The van der Waals surface area contributed by atoms with E-state index in [1.807, 2.05) is 50.2 Å². The van der Waals surface area contributed by atoms with Crippen LogP contribution in [0, 0.1) is 19.8 Å². The van der Waals surface area contributed by atoms with Gasteiger partial charge in [-0.15, -0.1) is 0 Å². The van der Waals surface area contributed by atoms with Gasteiger partial charge in [0, 0.05) is 23.9 Å². The minimum absolute atomic E-state index is 0.0384. The highest BCUT2D eigenvalue weighted by molar-refractivity contribution is 6.31. The maximum atomic E-state index is 13.5. The van der Waals surface area contributed by atoms with Crippen LogP contribution in [0.3, 0.4) is 0 Å². The van der Waals surface area contributed by atoms with Crippen LogP contribution in [0.25, 0.3) is 0 Å². The molecule has 156 valence electrons. The lowest BCUT2D eigenvalue weighted by Gasteiger charge is -2.36. The molecule has 0 radical (unpaired) electrons. The lowest BCUT2D eigenvalue weighted by atomic mass is 9.73. The number of aryl methyl sites for hydroxylation is 2. The van der Waals surface area contributed by atoms with Crippen molar-refractivity contribution in [3.05, 3.63) is 58.1 Å². The normalized spacial score (nSPS) is 15.9. The van der Waals surface area contributed by atoms with Crippen LogP contribution in [0.5, 0.6) is 5.75 Å². The summed E-state index contributed by atoms with van der Waals surface area (Å²) in [5, 5.41) is 3.76. The third-order valence-corrected chi connectivity index (χ3v) is 5.78. The zero-order valence-corrected chi connectivity index (χ0v) is 18.4. The molecule has 1 N–H and O–H groups in total. The average Bonchev–Trinajstić information content (AvgIpc) is 2.68. The van der Waals surface area contributed by atoms with Gasteiger partial charge < -0.3 is 14.8 Å². The Balaban J connectivity index is 1.88. The van der Waals surface area contributed by atoms with Gasteiger partial charge in [-0.2, -0.15) is 0 Å². The van der Waals surface area contributed by atoms with E-state index in [0.29, 0.717) is 43.6 Å². The fourth-order valence-corrected chi connectivity index (χ4v) is 4.26. The van der Waals surface area contributed by atoms with E-state index in [2.05, 4.69) is 19.2 Å². The summed E-state index contributed by atoms with van der Waals surface area (Å²) in [7, 11) is 0. The molecule has 1 saturated heterocycles. The van der Waals surface area contributed by atoms with Crippen LogP contribution < -0.4 is 10.1 Å². The molecule has 29 heavy (non-hydrogen) atoms. The van der Waals surface area contributed by atoms with Gasteiger partial charge in [0.2, 0.25) is 5.91 Å². The van der Waals surface area contributed by atoms with Gasteiger partial charge in [0.05, 0.1) is 12.0 Å². The largest absolute Gasteiger partial charge is 0.493 e. The zero-order chi connectivity index (χ0) is 21.0. The summed E-state index contributed by atoms with van der Waals surface area (Å²) in [6.07, 6.45) is 1.21. The predicted molar refractivity (Wildman–Crippen MR) is 118 cm³/mol. The molecule has 0 spiro atoms. The Bertz CT molecular complexity index is 849. The standard InChI is InChI=1S/C24H30ClNO3/c1-16(2)15-29-22-17(3)13-19(14-18(22)4)26-23(27)24(9-11-28-12-10-24)20-7-5-6-8-21(20)25/h5-8,13-14,16H,9-12,15H2,1-4H3,(H,26,27). The number of hydrogen-bond donors (Lipinski definition) is 1. The fourth-order valence-electron chi connectivity index (χ4n) is 3.94. The number of ether oxygens (including phenoxy) is 2. The van der Waals surface area contributed by atoms with Gasteiger partial charge in [0.15, 0.2) is 0 Å². The highest BCUT2D eigenvalue weighted by atomic mass is 35.5. The molecule has 1 fully saturated rings. The number of rotatable bonds is 6. The lowest BCUT2D eigenvalue weighted by molar-refractivity contribution is -0.125. The lowest BCUT2D eigenvalue weighted by Crippen LogP contribution is -2.45. The second kappa shape index (κ2) is 9.19. The minimum atomic E-state index is -0.689. The monoisotopic (exact) mass is 415 g/mol. The topological polar surface area (TPSA) is 47.6 Å². The van der Waals surface area contributed by atoms with Gasteiger partial charge in [-0.05, 0) is 67.5 Å². The van der Waals surface area contributed by atoms with E-state index in [-0.39, 0.29) is 5.91 Å². The van der Waals surface area contributed by atoms with E-state index in [1.165, 1.54) is 0 Å². The van der Waals surface area contributed by atoms with E-state index in [1.54, 1.807) is 0 Å². The fraction of sp³-hybridized carbons (Fsp3) is 0.458. The van der Waals surface area contributed by atoms with Crippen molar-refractivity contribution in [2.24, 2.45) is 5.92 Å². The minimum Gasteiger partial charge on any atom is -0.493 e. The van der Waals surface area contributed by atoms with Crippen LogP contribution in [0.15, 0.2) is 36.4 Å². The van der Waals surface area contributed by atoms with E-state index >= 15 is 0 Å². The Kier molecular flexibility index (Phi) is 6.86. The number of halogens is 1. The molecule has 1 aliphatic rings. The van der Waals surface area contributed by atoms with Gasteiger partial charge in [0.1, 0.15) is 5.75 Å². The molecule has 2 aromatic carbocycles. The molecule has 2 aromatic rings. The number of nitrogens with one attached hydrogen (secondary N) is 1. The molecule has 5 heteroatoms. The third-order valence-electron chi connectivity index (χ3n) is 5.45. The van der Waals surface area contributed by atoms with Crippen molar-refractivity contribution < 1.29 is 14.3 Å². The van der Waals surface area contributed by atoms with Gasteiger partial charge in [-0.25, -0.2) is 0 Å². The van der Waals surface area contributed by atoms with Crippen molar-refractivity contribution in [1.82, 2.24) is 0 Å². The zero-order valence-electron chi connectivity index (χ0n) is 17.7. The maximum absolute atomic E-state index is 13.5. The molecule has 0 saturated carbocycles. The summed E-state index contributed by atoms with van der Waals surface area (Å²) in [5.74, 6) is 1.31. The third kappa shape index (κ3) is 4.76. The first-order valence-electron chi connectivity index (χ1n) is 10.2. The van der Waals surface area contributed by atoms with Crippen molar-refractivity contribution >= 4 is 23.2 Å². The smallest absolute Gasteiger partial charge is 0.235 e. The summed E-state index contributed by atoms with van der Waals surface area (Å²) >= 11 is 6.49. The first kappa shape index (κ1) is 21.7. The second-order valence-corrected chi connectivity index (χ2v) is 8.68. The summed E-state index contributed by atoms with van der Waals surface area (Å²) in [4.78, 5) is 13.5. The number of amides is 1. The molecule has 1 heterocycles. The van der Waals surface area contributed by atoms with Gasteiger partial charge in [-0.3, -0.25) is 4.79 Å². The molecular formula is C24H30ClNO3. The number of hydrogen-bond acceptors (Lipinski definition) is 3. The van der Waals surface area contributed by atoms with Crippen molar-refractivity contribution in [3.8, 4) is 5.75 Å². The molecule has 1 aliphatic heterocycles. The Morgan fingerprint density at radius 1 is 1.17 bits per heavy atom. The van der Waals surface area contributed by atoms with Gasteiger partial charge in [-0.1, -0.05) is 43.6 Å². The Morgan fingerprint density at radius 3 is 2.38 bits per heavy atom. The predicted octanol–water partition coefficient (Wildman–Crippen LogP) is 5.68. The van der Waals surface area contributed by atoms with Gasteiger partial charge >= 0.3 is 0 Å². The van der Waals surface area contributed by atoms with Crippen LogP contribution in [0.4, 0.5) is 5.69 Å². The maximum Gasteiger partial charge on any atom is 0.235 e.